The summed E-state index contributed by atoms with van der Waals surface area (Å²) in [6.07, 6.45) is 1.63. The van der Waals surface area contributed by atoms with E-state index in [2.05, 4.69) is 25.8 Å². The highest BCUT2D eigenvalue weighted by Crippen LogP contribution is 2.17. The van der Waals surface area contributed by atoms with Crippen LogP contribution in [0.1, 0.15) is 27.3 Å². The van der Waals surface area contributed by atoms with Gasteiger partial charge in [-0.2, -0.15) is 5.10 Å². The van der Waals surface area contributed by atoms with Crippen molar-refractivity contribution in [2.45, 2.75) is 13.8 Å². The summed E-state index contributed by atoms with van der Waals surface area (Å²) in [6.45, 7) is 3.80. The van der Waals surface area contributed by atoms with Gasteiger partial charge in [-0.3, -0.25) is 4.79 Å². The lowest BCUT2D eigenvalue weighted by Gasteiger charge is -2.07. The van der Waals surface area contributed by atoms with Crippen molar-refractivity contribution < 1.29 is 4.79 Å². The van der Waals surface area contributed by atoms with E-state index in [1.54, 1.807) is 36.5 Å². The third-order valence-corrected chi connectivity index (χ3v) is 3.95. The van der Waals surface area contributed by atoms with Gasteiger partial charge in [0, 0.05) is 17.1 Å². The molecule has 7 heteroatoms. The Kier molecular flexibility index (Phi) is 5.78. The predicted octanol–water partition coefficient (Wildman–Crippen LogP) is 4.45. The number of carbonyl (C=O) groups is 1. The molecule has 0 spiro atoms. The van der Waals surface area contributed by atoms with Crippen LogP contribution in [0.15, 0.2) is 59.7 Å². The Hall–Kier alpha value is -3.25. The molecule has 2 aromatic carbocycles. The predicted molar refractivity (Wildman–Crippen MR) is 109 cm³/mol. The molecule has 136 valence electrons. The smallest absolute Gasteiger partial charge is 0.257 e. The normalized spacial score (nSPS) is 10.8. The highest BCUT2D eigenvalue weighted by molar-refractivity contribution is 6.34. The Morgan fingerprint density at radius 3 is 2.52 bits per heavy atom. The number of benzene rings is 2. The quantitative estimate of drug-likeness (QED) is 0.507. The van der Waals surface area contributed by atoms with E-state index in [1.807, 2.05) is 38.1 Å². The lowest BCUT2D eigenvalue weighted by molar-refractivity contribution is 0.102. The first-order valence-electron chi connectivity index (χ1n) is 8.28. The number of halogens is 1. The van der Waals surface area contributed by atoms with Crippen molar-refractivity contribution in [3.63, 3.8) is 0 Å². The van der Waals surface area contributed by atoms with Crippen molar-refractivity contribution in [1.29, 1.82) is 0 Å². The molecule has 0 saturated heterocycles. The van der Waals surface area contributed by atoms with Crippen molar-refractivity contribution in [1.82, 2.24) is 9.97 Å². The van der Waals surface area contributed by atoms with Crippen LogP contribution in [0, 0.1) is 13.8 Å². The number of hydrogen-bond donors (Lipinski definition) is 2. The largest absolute Gasteiger partial charge is 0.322 e. The maximum Gasteiger partial charge on any atom is 0.257 e. The Balaban J connectivity index is 1.68. The minimum Gasteiger partial charge on any atom is -0.322 e. The summed E-state index contributed by atoms with van der Waals surface area (Å²) in [7, 11) is 0. The summed E-state index contributed by atoms with van der Waals surface area (Å²) in [5.74, 6) is 0.170. The van der Waals surface area contributed by atoms with Crippen LogP contribution in [-0.4, -0.2) is 22.1 Å². The Bertz CT molecular complexity index is 983. The number of carbonyl (C=O) groups excluding carboxylic acids is 1. The third kappa shape index (κ3) is 5.12. The fourth-order valence-electron chi connectivity index (χ4n) is 2.48. The average Bonchev–Trinajstić information content (AvgIpc) is 2.61. The number of aromatic nitrogens is 2. The second-order valence-electron chi connectivity index (χ2n) is 5.90. The van der Waals surface area contributed by atoms with Gasteiger partial charge in [0.05, 0.1) is 16.8 Å². The molecule has 0 fully saturated rings. The summed E-state index contributed by atoms with van der Waals surface area (Å²) in [5, 5.41) is 7.39. The first kappa shape index (κ1) is 18.5. The fourth-order valence-corrected chi connectivity index (χ4v) is 2.70. The number of hydrazone groups is 1. The molecule has 0 aliphatic carbocycles. The first-order valence-corrected chi connectivity index (χ1v) is 8.66. The van der Waals surface area contributed by atoms with E-state index in [0.717, 1.165) is 17.0 Å². The van der Waals surface area contributed by atoms with Crippen molar-refractivity contribution in [2.75, 3.05) is 10.7 Å². The van der Waals surface area contributed by atoms with Gasteiger partial charge in [-0.15, -0.1) is 0 Å². The fraction of sp³-hybridized carbons (Fsp3) is 0.100. The summed E-state index contributed by atoms with van der Waals surface area (Å²) in [6, 6.07) is 16.1. The van der Waals surface area contributed by atoms with Gasteiger partial charge in [0.25, 0.3) is 5.91 Å². The molecule has 0 atom stereocenters. The highest BCUT2D eigenvalue weighted by Gasteiger charge is 2.09. The molecule has 1 amide bonds. The molecule has 2 N–H and O–H groups in total. The van der Waals surface area contributed by atoms with E-state index < -0.39 is 0 Å². The molecular weight excluding hydrogens is 362 g/mol. The molecule has 3 rings (SSSR count). The number of rotatable bonds is 5. The van der Waals surface area contributed by atoms with Crippen LogP contribution in [0.4, 0.5) is 11.6 Å². The van der Waals surface area contributed by atoms with E-state index >= 15 is 0 Å². The average molecular weight is 380 g/mol. The number of nitrogens with zero attached hydrogens (tertiary/aromatic N) is 3. The van der Waals surface area contributed by atoms with Crippen LogP contribution in [0.5, 0.6) is 0 Å². The van der Waals surface area contributed by atoms with Gasteiger partial charge in [-0.05, 0) is 49.7 Å². The number of anilines is 2. The topological polar surface area (TPSA) is 79.3 Å². The van der Waals surface area contributed by atoms with Crippen LogP contribution < -0.4 is 10.7 Å². The van der Waals surface area contributed by atoms with Gasteiger partial charge in [0.15, 0.2) is 0 Å². The number of nitrogens with one attached hydrogen (secondary N) is 2. The van der Waals surface area contributed by atoms with Crippen LogP contribution >= 0.6 is 11.6 Å². The van der Waals surface area contributed by atoms with E-state index in [9.17, 15) is 4.79 Å². The zero-order chi connectivity index (χ0) is 19.2. The molecule has 3 aromatic rings. The molecule has 6 nitrogen and oxygen atoms in total. The Labute approximate surface area is 162 Å². The summed E-state index contributed by atoms with van der Waals surface area (Å²) in [4.78, 5) is 20.9. The maximum absolute atomic E-state index is 12.4. The minimum atomic E-state index is -0.267. The summed E-state index contributed by atoms with van der Waals surface area (Å²) in [5.41, 5.74) is 6.42. The number of amides is 1. The Morgan fingerprint density at radius 2 is 1.78 bits per heavy atom. The Morgan fingerprint density at radius 1 is 1.04 bits per heavy atom. The molecule has 0 saturated carbocycles. The van der Waals surface area contributed by atoms with E-state index in [0.29, 0.717) is 22.2 Å². The molecule has 0 radical (unpaired) electrons. The standard InChI is InChI=1S/C20H18ClN5O/c1-13-10-14(2)24-20(23-13)26-22-12-15-6-5-7-16(11-15)25-19(27)17-8-3-4-9-18(17)21/h3-12H,1-2H3,(H,25,27)(H,23,24,26)/b22-12+. The van der Waals surface area contributed by atoms with E-state index in [4.69, 9.17) is 11.6 Å². The SMILES string of the molecule is Cc1cc(C)nc(N/N=C/c2cccc(NC(=O)c3ccccc3Cl)c2)n1. The van der Waals surface area contributed by atoms with Gasteiger partial charge in [0.2, 0.25) is 5.95 Å². The number of aryl methyl sites for hydroxylation is 2. The van der Waals surface area contributed by atoms with Crippen LogP contribution in [-0.2, 0) is 0 Å². The summed E-state index contributed by atoms with van der Waals surface area (Å²) >= 11 is 6.06. The maximum atomic E-state index is 12.4. The zero-order valence-corrected chi connectivity index (χ0v) is 15.7. The molecule has 0 bridgehead atoms. The van der Waals surface area contributed by atoms with Crippen LogP contribution in [0.25, 0.3) is 0 Å². The second-order valence-corrected chi connectivity index (χ2v) is 6.31. The molecular formula is C20H18ClN5O. The van der Waals surface area contributed by atoms with Crippen molar-refractivity contribution in [2.24, 2.45) is 5.10 Å². The minimum absolute atomic E-state index is 0.267. The van der Waals surface area contributed by atoms with Crippen LogP contribution in [0.3, 0.4) is 0 Å². The van der Waals surface area contributed by atoms with Gasteiger partial charge < -0.3 is 5.32 Å². The lowest BCUT2D eigenvalue weighted by Crippen LogP contribution is -2.12. The molecule has 1 aromatic heterocycles. The van der Waals surface area contributed by atoms with Gasteiger partial charge in [-0.1, -0.05) is 35.9 Å². The number of hydrogen-bond acceptors (Lipinski definition) is 5. The van der Waals surface area contributed by atoms with Gasteiger partial charge in [-0.25, -0.2) is 15.4 Å². The van der Waals surface area contributed by atoms with Crippen molar-refractivity contribution in [3.05, 3.63) is 82.1 Å². The summed E-state index contributed by atoms with van der Waals surface area (Å²) < 4.78 is 0. The van der Waals surface area contributed by atoms with E-state index in [1.165, 1.54) is 0 Å². The molecule has 0 aliphatic heterocycles. The second kappa shape index (κ2) is 8.42. The van der Waals surface area contributed by atoms with Crippen molar-refractivity contribution >= 4 is 35.4 Å². The highest BCUT2D eigenvalue weighted by atomic mass is 35.5. The van der Waals surface area contributed by atoms with Gasteiger partial charge >= 0.3 is 0 Å². The van der Waals surface area contributed by atoms with Gasteiger partial charge in [0.1, 0.15) is 0 Å². The monoisotopic (exact) mass is 379 g/mol. The van der Waals surface area contributed by atoms with Crippen molar-refractivity contribution in [3.8, 4) is 0 Å². The van der Waals surface area contributed by atoms with Crippen LogP contribution in [0.2, 0.25) is 5.02 Å². The van der Waals surface area contributed by atoms with E-state index in [-0.39, 0.29) is 5.91 Å². The molecule has 0 aliphatic rings. The third-order valence-electron chi connectivity index (χ3n) is 3.62. The first-order chi connectivity index (χ1) is 13.0. The molecule has 0 unspecified atom stereocenters. The molecule has 1 heterocycles. The lowest BCUT2D eigenvalue weighted by atomic mass is 10.2. The zero-order valence-electron chi connectivity index (χ0n) is 14.9. The molecule has 27 heavy (non-hydrogen) atoms.